The van der Waals surface area contributed by atoms with Crippen molar-refractivity contribution in [3.05, 3.63) is 0 Å². The van der Waals surface area contributed by atoms with Crippen LogP contribution < -0.4 is 10.6 Å². The molecule has 0 aromatic rings. The Morgan fingerprint density at radius 1 is 1.21 bits per heavy atom. The molecule has 2 aliphatic rings. The van der Waals surface area contributed by atoms with Crippen LogP contribution in [0.5, 0.6) is 0 Å². The van der Waals surface area contributed by atoms with E-state index in [0.29, 0.717) is 12.0 Å². The van der Waals surface area contributed by atoms with Gasteiger partial charge in [0.1, 0.15) is 0 Å². The van der Waals surface area contributed by atoms with E-state index in [1.807, 2.05) is 6.92 Å². The fourth-order valence-electron chi connectivity index (χ4n) is 2.82. The van der Waals surface area contributed by atoms with Gasteiger partial charge in [-0.15, -0.1) is 0 Å². The highest BCUT2D eigenvalue weighted by atomic mass is 16.3. The van der Waals surface area contributed by atoms with Crippen LogP contribution in [0.2, 0.25) is 0 Å². The predicted molar refractivity (Wildman–Crippen MR) is 57.2 cm³/mol. The third-order valence-corrected chi connectivity index (χ3v) is 3.89. The van der Waals surface area contributed by atoms with Crippen molar-refractivity contribution in [3.63, 3.8) is 0 Å². The first-order valence-corrected chi connectivity index (χ1v) is 5.88. The van der Waals surface area contributed by atoms with E-state index < -0.39 is 5.60 Å². The minimum absolute atomic E-state index is 0.312. The quantitative estimate of drug-likeness (QED) is 0.605. The molecule has 2 rings (SSSR count). The van der Waals surface area contributed by atoms with Crippen LogP contribution in [0.3, 0.4) is 0 Å². The molecule has 3 unspecified atom stereocenters. The van der Waals surface area contributed by atoms with E-state index in [-0.39, 0.29) is 0 Å². The normalized spacial score (nSPS) is 38.1. The maximum absolute atomic E-state index is 10.5. The topological polar surface area (TPSA) is 44.3 Å². The molecule has 14 heavy (non-hydrogen) atoms. The summed E-state index contributed by atoms with van der Waals surface area (Å²) in [5.41, 5.74) is -0.524. The molecule has 0 spiro atoms. The van der Waals surface area contributed by atoms with Gasteiger partial charge in [-0.25, -0.2) is 0 Å². The summed E-state index contributed by atoms with van der Waals surface area (Å²) >= 11 is 0. The van der Waals surface area contributed by atoms with E-state index in [9.17, 15) is 5.11 Å². The highest BCUT2D eigenvalue weighted by Crippen LogP contribution is 2.30. The smallest absolute Gasteiger partial charge is 0.0812 e. The zero-order valence-electron chi connectivity index (χ0n) is 9.05. The number of aliphatic hydroxyl groups is 1. The summed E-state index contributed by atoms with van der Waals surface area (Å²) in [7, 11) is 0. The van der Waals surface area contributed by atoms with Crippen LogP contribution >= 0.6 is 0 Å². The molecule has 2 fully saturated rings. The molecule has 3 N–H and O–H groups in total. The van der Waals surface area contributed by atoms with Crippen LogP contribution in [0.15, 0.2) is 0 Å². The van der Waals surface area contributed by atoms with Crippen molar-refractivity contribution in [2.24, 2.45) is 5.92 Å². The Bertz CT molecular complexity index is 182. The second-order valence-corrected chi connectivity index (χ2v) is 4.92. The third-order valence-electron chi connectivity index (χ3n) is 3.89. The maximum atomic E-state index is 10.5. The third kappa shape index (κ3) is 1.95. The number of piperidine rings is 1. The lowest BCUT2D eigenvalue weighted by Gasteiger charge is -2.40. The van der Waals surface area contributed by atoms with Crippen molar-refractivity contribution in [3.8, 4) is 0 Å². The fraction of sp³-hybridized carbons (Fsp3) is 1.00. The first-order valence-electron chi connectivity index (χ1n) is 5.88. The summed E-state index contributed by atoms with van der Waals surface area (Å²) in [6.45, 7) is 5.17. The molecule has 0 aliphatic carbocycles. The molecule has 0 radical (unpaired) electrons. The van der Waals surface area contributed by atoms with Crippen molar-refractivity contribution in [1.29, 1.82) is 0 Å². The Labute approximate surface area is 86.3 Å². The molecular formula is C11H22N2O. The monoisotopic (exact) mass is 198 g/mol. The Morgan fingerprint density at radius 3 is 2.57 bits per heavy atom. The number of nitrogens with one attached hydrogen (secondary N) is 2. The van der Waals surface area contributed by atoms with E-state index in [1.54, 1.807) is 0 Å². The maximum Gasteiger partial charge on any atom is 0.0812 e. The molecule has 82 valence electrons. The Kier molecular flexibility index (Phi) is 3.10. The van der Waals surface area contributed by atoms with Gasteiger partial charge in [0.15, 0.2) is 0 Å². The summed E-state index contributed by atoms with van der Waals surface area (Å²) in [6.07, 6.45) is 4.70. The summed E-state index contributed by atoms with van der Waals surface area (Å²) in [4.78, 5) is 0. The van der Waals surface area contributed by atoms with Crippen LogP contribution in [0.25, 0.3) is 0 Å². The molecule has 0 aromatic carbocycles. The molecule has 0 bridgehead atoms. The molecule has 3 heteroatoms. The van der Waals surface area contributed by atoms with E-state index in [4.69, 9.17) is 0 Å². The SMILES string of the molecule is CC(O)(C1CCCNC1)C1CCCN1. The lowest BCUT2D eigenvalue weighted by atomic mass is 9.78. The van der Waals surface area contributed by atoms with E-state index in [2.05, 4.69) is 10.6 Å². The minimum atomic E-state index is -0.524. The minimum Gasteiger partial charge on any atom is -0.388 e. The Balaban J connectivity index is 1.97. The van der Waals surface area contributed by atoms with E-state index in [1.165, 1.54) is 12.8 Å². The van der Waals surface area contributed by atoms with Crippen molar-refractivity contribution in [1.82, 2.24) is 10.6 Å². The van der Waals surface area contributed by atoms with Crippen molar-refractivity contribution < 1.29 is 5.11 Å². The number of hydrogen-bond donors (Lipinski definition) is 3. The van der Waals surface area contributed by atoms with Gasteiger partial charge in [-0.2, -0.15) is 0 Å². The number of hydrogen-bond acceptors (Lipinski definition) is 3. The zero-order chi connectivity index (χ0) is 10.0. The van der Waals surface area contributed by atoms with E-state index in [0.717, 1.165) is 32.5 Å². The summed E-state index contributed by atoms with van der Waals surface area (Å²) in [6, 6.07) is 0.312. The van der Waals surface area contributed by atoms with Gasteiger partial charge in [-0.3, -0.25) is 0 Å². The summed E-state index contributed by atoms with van der Waals surface area (Å²) < 4.78 is 0. The van der Waals surface area contributed by atoms with Gasteiger partial charge in [0.2, 0.25) is 0 Å². The van der Waals surface area contributed by atoms with Gasteiger partial charge in [0.25, 0.3) is 0 Å². The molecule has 3 atom stereocenters. The Morgan fingerprint density at radius 2 is 2.00 bits per heavy atom. The van der Waals surface area contributed by atoms with Gasteiger partial charge < -0.3 is 15.7 Å². The molecule has 0 aromatic heterocycles. The van der Waals surface area contributed by atoms with Gasteiger partial charge in [-0.05, 0) is 45.7 Å². The molecular weight excluding hydrogens is 176 g/mol. The molecule has 0 amide bonds. The second-order valence-electron chi connectivity index (χ2n) is 4.92. The Hall–Kier alpha value is -0.120. The lowest BCUT2D eigenvalue weighted by molar-refractivity contribution is -0.0378. The second kappa shape index (κ2) is 4.17. The van der Waals surface area contributed by atoms with Crippen LogP contribution in [0.4, 0.5) is 0 Å². The van der Waals surface area contributed by atoms with Crippen LogP contribution in [-0.2, 0) is 0 Å². The van der Waals surface area contributed by atoms with Crippen LogP contribution in [0, 0.1) is 5.92 Å². The summed E-state index contributed by atoms with van der Waals surface area (Å²) in [5, 5.41) is 17.3. The fourth-order valence-corrected chi connectivity index (χ4v) is 2.82. The number of rotatable bonds is 2. The highest BCUT2D eigenvalue weighted by molar-refractivity contribution is 4.97. The van der Waals surface area contributed by atoms with Gasteiger partial charge in [-0.1, -0.05) is 0 Å². The van der Waals surface area contributed by atoms with Gasteiger partial charge >= 0.3 is 0 Å². The standard InChI is InChI=1S/C11H22N2O/c1-11(14,10-5-3-7-13-10)9-4-2-6-12-8-9/h9-10,12-14H,2-8H2,1H3. The van der Waals surface area contributed by atoms with Crippen molar-refractivity contribution >= 4 is 0 Å². The zero-order valence-corrected chi connectivity index (χ0v) is 9.05. The van der Waals surface area contributed by atoms with Crippen molar-refractivity contribution in [2.45, 2.75) is 44.2 Å². The predicted octanol–water partition coefficient (Wildman–Crippen LogP) is 0.489. The highest BCUT2D eigenvalue weighted by Gasteiger charge is 2.40. The largest absolute Gasteiger partial charge is 0.388 e. The van der Waals surface area contributed by atoms with Crippen molar-refractivity contribution in [2.75, 3.05) is 19.6 Å². The molecule has 2 saturated heterocycles. The van der Waals surface area contributed by atoms with Gasteiger partial charge in [0.05, 0.1) is 5.60 Å². The first kappa shape index (κ1) is 10.4. The van der Waals surface area contributed by atoms with Crippen LogP contribution in [-0.4, -0.2) is 36.4 Å². The average Bonchev–Trinajstić information content (AvgIpc) is 2.72. The first-order chi connectivity index (χ1) is 6.71. The van der Waals surface area contributed by atoms with E-state index >= 15 is 0 Å². The average molecular weight is 198 g/mol. The lowest BCUT2D eigenvalue weighted by Crippen LogP contribution is -2.54. The molecule has 3 nitrogen and oxygen atoms in total. The molecule has 2 aliphatic heterocycles. The molecule has 0 saturated carbocycles. The van der Waals surface area contributed by atoms with Crippen LogP contribution in [0.1, 0.15) is 32.6 Å². The molecule has 2 heterocycles. The summed E-state index contributed by atoms with van der Waals surface area (Å²) in [5.74, 6) is 0.423. The van der Waals surface area contributed by atoms with Gasteiger partial charge in [0, 0.05) is 18.5 Å².